The zero-order chi connectivity index (χ0) is 9.68. The molecule has 0 spiro atoms. The SMILES string of the molecule is CC(C)CC(O)CNc1nncs1. The van der Waals surface area contributed by atoms with Gasteiger partial charge in [0.25, 0.3) is 0 Å². The second-order valence-corrected chi connectivity index (χ2v) is 4.24. The molecule has 0 bridgehead atoms. The van der Waals surface area contributed by atoms with Gasteiger partial charge in [0.2, 0.25) is 5.13 Å². The van der Waals surface area contributed by atoms with Crippen LogP contribution in [0.4, 0.5) is 5.13 Å². The number of aliphatic hydroxyl groups is 1. The van der Waals surface area contributed by atoms with Crippen molar-refractivity contribution in [2.24, 2.45) is 5.92 Å². The summed E-state index contributed by atoms with van der Waals surface area (Å²) in [6.45, 7) is 4.73. The first-order valence-electron chi connectivity index (χ1n) is 4.36. The molecule has 1 unspecified atom stereocenters. The standard InChI is InChI=1S/C8H15N3OS/c1-6(2)3-7(12)4-9-8-11-10-5-13-8/h5-7,12H,3-4H2,1-2H3,(H,9,11). The Labute approximate surface area is 82.0 Å². The third-order valence-corrected chi connectivity index (χ3v) is 2.24. The Hall–Kier alpha value is -0.680. The normalized spacial score (nSPS) is 13.2. The largest absolute Gasteiger partial charge is 0.391 e. The average molecular weight is 201 g/mol. The molecule has 0 aliphatic rings. The molecule has 0 saturated heterocycles. The summed E-state index contributed by atoms with van der Waals surface area (Å²) in [7, 11) is 0. The number of nitrogens with one attached hydrogen (secondary N) is 1. The molecule has 0 fully saturated rings. The second kappa shape index (κ2) is 5.14. The van der Waals surface area contributed by atoms with Gasteiger partial charge < -0.3 is 10.4 Å². The number of hydrogen-bond donors (Lipinski definition) is 2. The van der Waals surface area contributed by atoms with Gasteiger partial charge in [-0.1, -0.05) is 25.2 Å². The quantitative estimate of drug-likeness (QED) is 0.755. The number of rotatable bonds is 5. The van der Waals surface area contributed by atoms with Crippen LogP contribution in [0.25, 0.3) is 0 Å². The van der Waals surface area contributed by atoms with Gasteiger partial charge in [0.1, 0.15) is 5.51 Å². The first-order chi connectivity index (χ1) is 6.18. The molecule has 0 amide bonds. The summed E-state index contributed by atoms with van der Waals surface area (Å²) >= 11 is 1.44. The number of nitrogens with zero attached hydrogens (tertiary/aromatic N) is 2. The predicted molar refractivity (Wildman–Crippen MR) is 53.9 cm³/mol. The molecule has 4 nitrogen and oxygen atoms in total. The van der Waals surface area contributed by atoms with Crippen molar-refractivity contribution in [1.29, 1.82) is 0 Å². The van der Waals surface area contributed by atoms with Gasteiger partial charge in [0, 0.05) is 6.54 Å². The van der Waals surface area contributed by atoms with Crippen LogP contribution in [0.3, 0.4) is 0 Å². The van der Waals surface area contributed by atoms with E-state index in [1.807, 2.05) is 0 Å². The monoisotopic (exact) mass is 201 g/mol. The van der Waals surface area contributed by atoms with Crippen molar-refractivity contribution in [3.63, 3.8) is 0 Å². The second-order valence-electron chi connectivity index (χ2n) is 3.41. The molecule has 1 aromatic heterocycles. The summed E-state index contributed by atoms with van der Waals surface area (Å²) in [5, 5.41) is 20.8. The third-order valence-electron chi connectivity index (χ3n) is 1.59. The Morgan fingerprint density at radius 1 is 1.62 bits per heavy atom. The highest BCUT2D eigenvalue weighted by Gasteiger charge is 2.06. The molecule has 0 aliphatic heterocycles. The highest BCUT2D eigenvalue weighted by Crippen LogP contribution is 2.09. The van der Waals surface area contributed by atoms with Crippen molar-refractivity contribution in [2.45, 2.75) is 26.4 Å². The molecule has 0 saturated carbocycles. The number of aliphatic hydroxyl groups excluding tert-OH is 1. The highest BCUT2D eigenvalue weighted by molar-refractivity contribution is 7.13. The van der Waals surface area contributed by atoms with Crippen LogP contribution in [0.15, 0.2) is 5.51 Å². The van der Waals surface area contributed by atoms with Gasteiger partial charge in [-0.2, -0.15) is 0 Å². The summed E-state index contributed by atoms with van der Waals surface area (Å²) in [5.74, 6) is 0.520. The highest BCUT2D eigenvalue weighted by atomic mass is 32.1. The lowest BCUT2D eigenvalue weighted by Crippen LogP contribution is -2.21. The van der Waals surface area contributed by atoms with Crippen molar-refractivity contribution < 1.29 is 5.11 Å². The molecule has 74 valence electrons. The van der Waals surface area contributed by atoms with Crippen LogP contribution in [-0.4, -0.2) is 28.0 Å². The van der Waals surface area contributed by atoms with Gasteiger partial charge in [-0.15, -0.1) is 10.2 Å². The maximum Gasteiger partial charge on any atom is 0.205 e. The molecule has 1 rings (SSSR count). The van der Waals surface area contributed by atoms with Crippen molar-refractivity contribution in [1.82, 2.24) is 10.2 Å². The zero-order valence-electron chi connectivity index (χ0n) is 7.90. The van der Waals surface area contributed by atoms with E-state index in [0.717, 1.165) is 11.6 Å². The average Bonchev–Trinajstić information content (AvgIpc) is 2.51. The lowest BCUT2D eigenvalue weighted by Gasteiger charge is -2.12. The van der Waals surface area contributed by atoms with Crippen molar-refractivity contribution >= 4 is 16.5 Å². The van der Waals surface area contributed by atoms with Crippen LogP contribution in [0.2, 0.25) is 0 Å². The first kappa shape index (κ1) is 10.4. The van der Waals surface area contributed by atoms with Crippen molar-refractivity contribution in [2.75, 3.05) is 11.9 Å². The van der Waals surface area contributed by atoms with Crippen LogP contribution in [0, 0.1) is 5.92 Å². The Bertz CT molecular complexity index is 225. The van der Waals surface area contributed by atoms with Crippen LogP contribution < -0.4 is 5.32 Å². The van der Waals surface area contributed by atoms with Gasteiger partial charge in [0.15, 0.2) is 0 Å². The van der Waals surface area contributed by atoms with Gasteiger partial charge >= 0.3 is 0 Å². The lowest BCUT2D eigenvalue weighted by molar-refractivity contribution is 0.161. The fraction of sp³-hybridized carbons (Fsp3) is 0.750. The van der Waals surface area contributed by atoms with E-state index in [-0.39, 0.29) is 6.10 Å². The Kier molecular flexibility index (Phi) is 4.11. The Morgan fingerprint density at radius 2 is 2.38 bits per heavy atom. The first-order valence-corrected chi connectivity index (χ1v) is 5.24. The van der Waals surface area contributed by atoms with Crippen LogP contribution in [0.5, 0.6) is 0 Å². The number of hydrogen-bond acceptors (Lipinski definition) is 5. The maximum atomic E-state index is 9.51. The molecule has 1 heterocycles. The molecular formula is C8H15N3OS. The van der Waals surface area contributed by atoms with E-state index in [9.17, 15) is 5.11 Å². The van der Waals surface area contributed by atoms with Gasteiger partial charge in [-0.3, -0.25) is 0 Å². The van der Waals surface area contributed by atoms with Crippen LogP contribution >= 0.6 is 11.3 Å². The fourth-order valence-electron chi connectivity index (χ4n) is 1.08. The molecule has 1 aromatic rings. The van der Waals surface area contributed by atoms with Gasteiger partial charge in [-0.25, -0.2) is 0 Å². The van der Waals surface area contributed by atoms with E-state index in [1.54, 1.807) is 5.51 Å². The van der Waals surface area contributed by atoms with E-state index in [0.29, 0.717) is 12.5 Å². The van der Waals surface area contributed by atoms with Crippen molar-refractivity contribution in [3.8, 4) is 0 Å². The van der Waals surface area contributed by atoms with E-state index in [4.69, 9.17) is 0 Å². The lowest BCUT2D eigenvalue weighted by atomic mass is 10.1. The number of anilines is 1. The van der Waals surface area contributed by atoms with E-state index in [1.165, 1.54) is 11.3 Å². The fourth-order valence-corrected chi connectivity index (χ4v) is 1.54. The Morgan fingerprint density at radius 3 is 2.92 bits per heavy atom. The molecule has 0 radical (unpaired) electrons. The third kappa shape index (κ3) is 4.19. The minimum Gasteiger partial charge on any atom is -0.391 e. The molecule has 0 aromatic carbocycles. The molecule has 0 aliphatic carbocycles. The maximum absolute atomic E-state index is 9.51. The van der Waals surface area contributed by atoms with E-state index in [2.05, 4.69) is 29.4 Å². The van der Waals surface area contributed by atoms with Crippen LogP contribution in [0.1, 0.15) is 20.3 Å². The molecule has 13 heavy (non-hydrogen) atoms. The topological polar surface area (TPSA) is 58.0 Å². The summed E-state index contributed by atoms with van der Waals surface area (Å²) in [6.07, 6.45) is 0.509. The summed E-state index contributed by atoms with van der Waals surface area (Å²) in [4.78, 5) is 0. The predicted octanol–water partition coefficient (Wildman–Crippen LogP) is 1.36. The molecular weight excluding hydrogens is 186 g/mol. The molecule has 2 N–H and O–H groups in total. The van der Waals surface area contributed by atoms with Gasteiger partial charge in [-0.05, 0) is 12.3 Å². The Balaban J connectivity index is 2.19. The summed E-state index contributed by atoms with van der Waals surface area (Å²) < 4.78 is 0. The van der Waals surface area contributed by atoms with E-state index < -0.39 is 0 Å². The van der Waals surface area contributed by atoms with Gasteiger partial charge in [0.05, 0.1) is 6.10 Å². The van der Waals surface area contributed by atoms with Crippen LogP contribution in [-0.2, 0) is 0 Å². The minimum atomic E-state index is -0.302. The number of aromatic nitrogens is 2. The molecule has 5 heteroatoms. The minimum absolute atomic E-state index is 0.302. The zero-order valence-corrected chi connectivity index (χ0v) is 8.71. The summed E-state index contributed by atoms with van der Waals surface area (Å²) in [6, 6.07) is 0. The summed E-state index contributed by atoms with van der Waals surface area (Å²) in [5.41, 5.74) is 1.66. The molecule has 1 atom stereocenters. The smallest absolute Gasteiger partial charge is 0.205 e. The van der Waals surface area contributed by atoms with E-state index >= 15 is 0 Å². The van der Waals surface area contributed by atoms with Crippen molar-refractivity contribution in [3.05, 3.63) is 5.51 Å².